The number of nitriles is 1. The molecular formula is C13H19N3. The van der Waals surface area contributed by atoms with E-state index in [1.807, 2.05) is 32.2 Å². The zero-order valence-electron chi connectivity index (χ0n) is 10.5. The third-order valence-electron chi connectivity index (χ3n) is 2.62. The number of likely N-dealkylation sites (N-methyl/N-ethyl adjacent to an activating group) is 2. The lowest BCUT2D eigenvalue weighted by Gasteiger charge is -2.24. The van der Waals surface area contributed by atoms with Crippen LogP contribution in [0.5, 0.6) is 0 Å². The van der Waals surface area contributed by atoms with Crippen LogP contribution >= 0.6 is 0 Å². The van der Waals surface area contributed by atoms with E-state index in [4.69, 9.17) is 5.26 Å². The molecule has 0 fully saturated rings. The molecule has 1 rings (SSSR count). The summed E-state index contributed by atoms with van der Waals surface area (Å²) < 4.78 is 0. The molecule has 1 aromatic carbocycles. The van der Waals surface area contributed by atoms with Gasteiger partial charge in [-0.15, -0.1) is 0 Å². The van der Waals surface area contributed by atoms with Gasteiger partial charge in [-0.2, -0.15) is 5.26 Å². The summed E-state index contributed by atoms with van der Waals surface area (Å²) in [6, 6.07) is 8.09. The highest BCUT2D eigenvalue weighted by Gasteiger charge is 2.09. The Hall–Kier alpha value is -1.53. The van der Waals surface area contributed by atoms with Crippen molar-refractivity contribution < 1.29 is 0 Å². The standard InChI is InChI=1S/C13H19N3/c1-11-6-5-7-12(10-14)13(11)16(4)9-8-15(2)3/h5-7H,8-9H2,1-4H3. The van der Waals surface area contributed by atoms with Gasteiger partial charge in [0.05, 0.1) is 11.3 Å². The molecule has 0 saturated carbocycles. The molecular weight excluding hydrogens is 198 g/mol. The van der Waals surface area contributed by atoms with Gasteiger partial charge in [-0.1, -0.05) is 12.1 Å². The molecule has 3 nitrogen and oxygen atoms in total. The van der Waals surface area contributed by atoms with Gasteiger partial charge < -0.3 is 9.80 Å². The molecule has 0 amide bonds. The lowest BCUT2D eigenvalue weighted by Crippen LogP contribution is -2.29. The van der Waals surface area contributed by atoms with Gasteiger partial charge in [0.1, 0.15) is 6.07 Å². The van der Waals surface area contributed by atoms with E-state index in [0.717, 1.165) is 29.9 Å². The first-order valence-electron chi connectivity index (χ1n) is 5.42. The van der Waals surface area contributed by atoms with Crippen LogP contribution in [0, 0.1) is 18.3 Å². The topological polar surface area (TPSA) is 30.3 Å². The second-order valence-corrected chi connectivity index (χ2v) is 4.31. The largest absolute Gasteiger partial charge is 0.372 e. The van der Waals surface area contributed by atoms with Crippen molar-refractivity contribution in [3.63, 3.8) is 0 Å². The summed E-state index contributed by atoms with van der Waals surface area (Å²) in [5.74, 6) is 0. The third kappa shape index (κ3) is 2.98. The van der Waals surface area contributed by atoms with Gasteiger partial charge in [-0.25, -0.2) is 0 Å². The molecule has 0 N–H and O–H groups in total. The summed E-state index contributed by atoms with van der Waals surface area (Å²) in [6.45, 7) is 3.95. The molecule has 16 heavy (non-hydrogen) atoms. The third-order valence-corrected chi connectivity index (χ3v) is 2.62. The second kappa shape index (κ2) is 5.53. The lowest BCUT2D eigenvalue weighted by molar-refractivity contribution is 0.416. The summed E-state index contributed by atoms with van der Waals surface area (Å²) in [7, 11) is 6.14. The highest BCUT2D eigenvalue weighted by Crippen LogP contribution is 2.23. The summed E-state index contributed by atoms with van der Waals surface area (Å²) in [5, 5.41) is 9.08. The van der Waals surface area contributed by atoms with E-state index in [9.17, 15) is 0 Å². The maximum absolute atomic E-state index is 9.08. The van der Waals surface area contributed by atoms with Crippen molar-refractivity contribution in [1.29, 1.82) is 5.26 Å². The predicted molar refractivity (Wildman–Crippen MR) is 67.7 cm³/mol. The van der Waals surface area contributed by atoms with Crippen molar-refractivity contribution in [3.8, 4) is 6.07 Å². The zero-order valence-corrected chi connectivity index (χ0v) is 10.5. The van der Waals surface area contributed by atoms with Gasteiger partial charge >= 0.3 is 0 Å². The van der Waals surface area contributed by atoms with Crippen molar-refractivity contribution in [3.05, 3.63) is 29.3 Å². The van der Waals surface area contributed by atoms with E-state index >= 15 is 0 Å². The Balaban J connectivity index is 2.90. The molecule has 0 aliphatic heterocycles. The van der Waals surface area contributed by atoms with E-state index < -0.39 is 0 Å². The molecule has 0 atom stereocenters. The van der Waals surface area contributed by atoms with Gasteiger partial charge in [0, 0.05) is 20.1 Å². The molecule has 0 aliphatic carbocycles. The molecule has 0 aromatic heterocycles. The zero-order chi connectivity index (χ0) is 12.1. The Labute approximate surface area is 97.9 Å². The van der Waals surface area contributed by atoms with Crippen molar-refractivity contribution in [1.82, 2.24) is 4.90 Å². The fraction of sp³-hybridized carbons (Fsp3) is 0.462. The van der Waals surface area contributed by atoms with Crippen LogP contribution in [-0.2, 0) is 0 Å². The lowest BCUT2D eigenvalue weighted by atomic mass is 10.1. The Kier molecular flexibility index (Phi) is 4.33. The van der Waals surface area contributed by atoms with E-state index in [1.54, 1.807) is 0 Å². The number of aryl methyl sites for hydroxylation is 1. The molecule has 0 saturated heterocycles. The average Bonchev–Trinajstić information content (AvgIpc) is 2.25. The normalized spacial score (nSPS) is 10.2. The van der Waals surface area contributed by atoms with Crippen molar-refractivity contribution >= 4 is 5.69 Å². The van der Waals surface area contributed by atoms with Crippen LogP contribution in [-0.4, -0.2) is 39.1 Å². The first-order valence-corrected chi connectivity index (χ1v) is 5.42. The van der Waals surface area contributed by atoms with Crippen LogP contribution < -0.4 is 4.90 Å². The van der Waals surface area contributed by atoms with Crippen molar-refractivity contribution in [2.45, 2.75) is 6.92 Å². The average molecular weight is 217 g/mol. The molecule has 3 heteroatoms. The quantitative estimate of drug-likeness (QED) is 0.771. The number of anilines is 1. The molecule has 0 radical (unpaired) electrons. The Bertz CT molecular complexity index is 391. The van der Waals surface area contributed by atoms with Crippen LogP contribution in [0.15, 0.2) is 18.2 Å². The van der Waals surface area contributed by atoms with Crippen molar-refractivity contribution in [2.75, 3.05) is 39.1 Å². The Morgan fingerprint density at radius 1 is 1.19 bits per heavy atom. The fourth-order valence-electron chi connectivity index (χ4n) is 1.72. The maximum atomic E-state index is 9.08. The second-order valence-electron chi connectivity index (χ2n) is 4.31. The van der Waals surface area contributed by atoms with Crippen LogP contribution in [0.25, 0.3) is 0 Å². The van der Waals surface area contributed by atoms with Crippen LogP contribution in [0.1, 0.15) is 11.1 Å². The van der Waals surface area contributed by atoms with E-state index in [0.29, 0.717) is 0 Å². The minimum absolute atomic E-state index is 0.751. The first-order chi connectivity index (χ1) is 7.56. The highest BCUT2D eigenvalue weighted by molar-refractivity contribution is 5.63. The molecule has 0 heterocycles. The SMILES string of the molecule is Cc1cccc(C#N)c1N(C)CCN(C)C. The van der Waals surface area contributed by atoms with Crippen molar-refractivity contribution in [2.24, 2.45) is 0 Å². The Morgan fingerprint density at radius 3 is 2.44 bits per heavy atom. The minimum Gasteiger partial charge on any atom is -0.372 e. The van der Waals surface area contributed by atoms with E-state index in [-0.39, 0.29) is 0 Å². The fourth-order valence-corrected chi connectivity index (χ4v) is 1.72. The van der Waals surface area contributed by atoms with Gasteiger partial charge in [0.2, 0.25) is 0 Å². The van der Waals surface area contributed by atoms with E-state index in [2.05, 4.69) is 30.0 Å². The maximum Gasteiger partial charge on any atom is 0.101 e. The van der Waals surface area contributed by atoms with Crippen LogP contribution in [0.4, 0.5) is 5.69 Å². The summed E-state index contributed by atoms with van der Waals surface area (Å²) in [5.41, 5.74) is 2.95. The smallest absolute Gasteiger partial charge is 0.101 e. The van der Waals surface area contributed by atoms with Gasteiger partial charge in [-0.05, 0) is 32.6 Å². The molecule has 0 unspecified atom stereocenters. The first kappa shape index (κ1) is 12.5. The summed E-state index contributed by atoms with van der Waals surface area (Å²) in [4.78, 5) is 4.29. The number of para-hydroxylation sites is 1. The van der Waals surface area contributed by atoms with E-state index in [1.165, 1.54) is 0 Å². The molecule has 0 bridgehead atoms. The molecule has 0 aliphatic rings. The number of hydrogen-bond donors (Lipinski definition) is 0. The minimum atomic E-state index is 0.751. The predicted octanol–water partition coefficient (Wildman–Crippen LogP) is 1.86. The summed E-state index contributed by atoms with van der Waals surface area (Å²) in [6.07, 6.45) is 0. The monoisotopic (exact) mass is 217 g/mol. The molecule has 86 valence electrons. The van der Waals surface area contributed by atoms with Gasteiger partial charge in [0.15, 0.2) is 0 Å². The number of rotatable bonds is 4. The number of benzene rings is 1. The molecule has 0 spiro atoms. The summed E-state index contributed by atoms with van der Waals surface area (Å²) >= 11 is 0. The van der Waals surface area contributed by atoms with Gasteiger partial charge in [-0.3, -0.25) is 0 Å². The number of nitrogens with zero attached hydrogens (tertiary/aromatic N) is 3. The molecule has 1 aromatic rings. The Morgan fingerprint density at radius 2 is 1.88 bits per heavy atom. The van der Waals surface area contributed by atoms with Gasteiger partial charge in [0.25, 0.3) is 0 Å². The number of hydrogen-bond acceptors (Lipinski definition) is 3. The van der Waals surface area contributed by atoms with Crippen LogP contribution in [0.2, 0.25) is 0 Å². The van der Waals surface area contributed by atoms with Crippen LogP contribution in [0.3, 0.4) is 0 Å². The highest BCUT2D eigenvalue weighted by atomic mass is 15.2.